The molecule has 0 saturated heterocycles. The van der Waals surface area contributed by atoms with Crippen molar-refractivity contribution in [3.05, 3.63) is 58.2 Å². The highest BCUT2D eigenvalue weighted by atomic mass is 32.2. The van der Waals surface area contributed by atoms with Crippen molar-refractivity contribution in [1.82, 2.24) is 29.6 Å². The number of imidazole rings is 2. The lowest BCUT2D eigenvalue weighted by molar-refractivity contribution is -0.137. The first kappa shape index (κ1) is 35.9. The molecule has 4 rings (SSSR count). The molecule has 0 fully saturated rings. The minimum atomic E-state index is -4.54. The van der Waals surface area contributed by atoms with E-state index >= 15 is 0 Å². The summed E-state index contributed by atoms with van der Waals surface area (Å²) in [6.07, 6.45) is -8.92. The minimum absolute atomic E-state index is 0.0200. The Hall–Kier alpha value is -3.34. The van der Waals surface area contributed by atoms with Gasteiger partial charge in [-0.1, -0.05) is 0 Å². The van der Waals surface area contributed by atoms with Gasteiger partial charge in [0.15, 0.2) is 0 Å². The van der Waals surface area contributed by atoms with Gasteiger partial charge in [0.25, 0.3) is 20.4 Å². The highest BCUT2D eigenvalue weighted by molar-refractivity contribution is 7.87. The van der Waals surface area contributed by atoms with Crippen LogP contribution in [0.15, 0.2) is 24.3 Å². The van der Waals surface area contributed by atoms with Gasteiger partial charge in [0, 0.05) is 7.05 Å². The molecule has 13 nitrogen and oxygen atoms in total. The third kappa shape index (κ3) is 10.7. The Morgan fingerprint density at radius 2 is 1.16 bits per heavy atom. The number of aryl methyl sites for hydroxylation is 2. The zero-order valence-electron chi connectivity index (χ0n) is 23.0. The fourth-order valence-electron chi connectivity index (χ4n) is 3.68. The van der Waals surface area contributed by atoms with Crippen molar-refractivity contribution >= 4 is 42.5 Å². The second-order valence-electron chi connectivity index (χ2n) is 9.20. The van der Waals surface area contributed by atoms with Crippen LogP contribution in [0.25, 0.3) is 22.1 Å². The number of fused-ring (bicyclic) bond motifs is 2. The fraction of sp³-hybridized carbons (Fsp3) is 0.364. The number of nitrogens with two attached hydrogens (primary N) is 3. The van der Waals surface area contributed by atoms with Crippen LogP contribution in [0.1, 0.15) is 33.9 Å². The number of alkyl halides is 6. The van der Waals surface area contributed by atoms with E-state index in [2.05, 4.69) is 35.5 Å². The van der Waals surface area contributed by atoms with Crippen LogP contribution in [0.2, 0.25) is 0 Å². The molecule has 0 unspecified atom stereocenters. The third-order valence-electron chi connectivity index (χ3n) is 5.32. The number of benzene rings is 2. The van der Waals surface area contributed by atoms with Crippen LogP contribution in [0.3, 0.4) is 0 Å². The Morgan fingerprint density at radius 3 is 1.51 bits per heavy atom. The summed E-state index contributed by atoms with van der Waals surface area (Å²) in [5.74, 6) is 0.580. The van der Waals surface area contributed by atoms with Crippen molar-refractivity contribution < 1.29 is 43.2 Å². The molecule has 0 radical (unpaired) electrons. The molecule has 21 heteroatoms. The molecule has 0 atom stereocenters. The van der Waals surface area contributed by atoms with E-state index in [1.54, 1.807) is 20.0 Å². The molecular formula is C22H29F6N9O4S2. The number of aromatic amines is 2. The van der Waals surface area contributed by atoms with Crippen LogP contribution in [0, 0.1) is 13.8 Å². The number of halogens is 6. The van der Waals surface area contributed by atoms with E-state index in [0.717, 1.165) is 16.4 Å². The quantitative estimate of drug-likeness (QED) is 0.175. The molecule has 0 saturated carbocycles. The van der Waals surface area contributed by atoms with E-state index in [1.807, 2.05) is 0 Å². The highest BCUT2D eigenvalue weighted by Gasteiger charge is 2.35. The first-order valence-corrected chi connectivity index (χ1v) is 14.8. The van der Waals surface area contributed by atoms with Crippen LogP contribution in [0.4, 0.5) is 26.3 Å². The van der Waals surface area contributed by atoms with Crippen molar-refractivity contribution in [3.63, 3.8) is 0 Å². The van der Waals surface area contributed by atoms with Gasteiger partial charge in [-0.2, -0.15) is 47.5 Å². The molecule has 0 aliphatic heterocycles. The van der Waals surface area contributed by atoms with Crippen LogP contribution in [-0.2, 0) is 45.9 Å². The van der Waals surface area contributed by atoms with Crippen molar-refractivity contribution in [2.24, 2.45) is 15.4 Å². The first-order valence-electron chi connectivity index (χ1n) is 11.7. The maximum atomic E-state index is 13.0. The molecule has 240 valence electrons. The maximum absolute atomic E-state index is 13.0. The SMILES string of the molecule is CNCc1nc2c(C(F)(F)F)cc(C)cc2[nH]1.Cc1cc(C(F)(F)F)c2nc(CN(C)S(N)(=O)=O)[nH]c2c1.NS(N)(=O)=O. The third-order valence-corrected chi connectivity index (χ3v) is 6.32. The molecule has 0 spiro atoms. The van der Waals surface area contributed by atoms with E-state index in [1.165, 1.54) is 20.0 Å². The summed E-state index contributed by atoms with van der Waals surface area (Å²) in [4.78, 5) is 13.4. The fourth-order valence-corrected chi connectivity index (χ4v) is 3.99. The summed E-state index contributed by atoms with van der Waals surface area (Å²) < 4.78 is 119. The average Bonchev–Trinajstić information content (AvgIpc) is 3.38. The van der Waals surface area contributed by atoms with E-state index in [-0.39, 0.29) is 28.9 Å². The van der Waals surface area contributed by atoms with Crippen LogP contribution in [0.5, 0.6) is 0 Å². The summed E-state index contributed by atoms with van der Waals surface area (Å²) >= 11 is 0. The Bertz CT molecular complexity index is 1790. The molecular weight excluding hydrogens is 632 g/mol. The van der Waals surface area contributed by atoms with Gasteiger partial charge in [-0.15, -0.1) is 0 Å². The Balaban J connectivity index is 0.000000264. The second kappa shape index (κ2) is 13.1. The Kier molecular flexibility index (Phi) is 10.9. The van der Waals surface area contributed by atoms with Crippen molar-refractivity contribution in [2.45, 2.75) is 39.3 Å². The summed E-state index contributed by atoms with van der Waals surface area (Å²) in [6.45, 7) is 3.33. The van der Waals surface area contributed by atoms with E-state index in [0.29, 0.717) is 29.0 Å². The normalized spacial score (nSPS) is 12.7. The summed E-state index contributed by atoms with van der Waals surface area (Å²) in [5.41, 5.74) is -0.222. The van der Waals surface area contributed by atoms with Gasteiger partial charge in [0.05, 0.1) is 35.2 Å². The number of hydrogen-bond acceptors (Lipinski definition) is 7. The molecule has 4 aromatic rings. The van der Waals surface area contributed by atoms with Gasteiger partial charge >= 0.3 is 12.4 Å². The molecule has 43 heavy (non-hydrogen) atoms. The van der Waals surface area contributed by atoms with Crippen molar-refractivity contribution in [1.29, 1.82) is 0 Å². The predicted molar refractivity (Wildman–Crippen MR) is 146 cm³/mol. The van der Waals surface area contributed by atoms with Crippen molar-refractivity contribution in [2.75, 3.05) is 14.1 Å². The number of hydrogen-bond donors (Lipinski definition) is 6. The number of nitrogens with one attached hydrogen (secondary N) is 3. The lowest BCUT2D eigenvalue weighted by Gasteiger charge is -2.10. The molecule has 0 aliphatic carbocycles. The second-order valence-corrected chi connectivity index (χ2v) is 12.0. The molecule has 0 amide bonds. The Morgan fingerprint density at radius 1 is 0.791 bits per heavy atom. The summed E-state index contributed by atoms with van der Waals surface area (Å²) in [6, 6.07) is 5.29. The van der Waals surface area contributed by atoms with Gasteiger partial charge in [-0.05, 0) is 56.3 Å². The van der Waals surface area contributed by atoms with Gasteiger partial charge in [-0.25, -0.2) is 25.4 Å². The number of rotatable bonds is 5. The molecule has 0 bridgehead atoms. The standard InChI is InChI=1S/C11H13F3N4O2S.C11H12F3N3.H4N2O2S/c1-6-3-7(11(12,13)14)10-8(4-6)16-9(17-10)5-18(2)21(15,19)20;1-6-3-7(11(12,13)14)10-8(4-6)16-9(17-10)5-15-2;1-5(2,3)4/h3-4H,5H2,1-2H3,(H,16,17)(H2,15,19,20);3-4,15H,5H2,1-2H3,(H,16,17);(H4,1,2,3,4). The number of H-pyrrole nitrogens is 2. The van der Waals surface area contributed by atoms with Gasteiger partial charge in [0.1, 0.15) is 22.7 Å². The maximum Gasteiger partial charge on any atom is 0.418 e. The van der Waals surface area contributed by atoms with Gasteiger partial charge in [0.2, 0.25) is 0 Å². The average molecular weight is 662 g/mol. The van der Waals surface area contributed by atoms with Crippen LogP contribution >= 0.6 is 0 Å². The monoisotopic (exact) mass is 661 g/mol. The largest absolute Gasteiger partial charge is 0.418 e. The zero-order valence-corrected chi connectivity index (χ0v) is 24.6. The summed E-state index contributed by atoms with van der Waals surface area (Å²) in [5, 5.41) is 16.0. The smallest absolute Gasteiger partial charge is 0.341 e. The molecule has 2 heterocycles. The number of aromatic nitrogens is 4. The molecule has 2 aromatic heterocycles. The van der Waals surface area contributed by atoms with Crippen LogP contribution < -0.4 is 20.7 Å². The van der Waals surface area contributed by atoms with Gasteiger partial charge in [-0.3, -0.25) is 0 Å². The minimum Gasteiger partial charge on any atom is -0.341 e. The summed E-state index contributed by atoms with van der Waals surface area (Å²) in [7, 11) is -4.68. The predicted octanol–water partition coefficient (Wildman–Crippen LogP) is 2.28. The molecule has 0 aliphatic rings. The molecule has 2 aromatic carbocycles. The lowest BCUT2D eigenvalue weighted by atomic mass is 10.1. The first-order chi connectivity index (χ1) is 19.4. The van der Waals surface area contributed by atoms with E-state index < -0.39 is 43.9 Å². The zero-order chi connectivity index (χ0) is 33.1. The highest BCUT2D eigenvalue weighted by Crippen LogP contribution is 2.36. The van der Waals surface area contributed by atoms with E-state index in [4.69, 9.17) is 5.14 Å². The topological polar surface area (TPSA) is 219 Å². The van der Waals surface area contributed by atoms with Crippen molar-refractivity contribution in [3.8, 4) is 0 Å². The van der Waals surface area contributed by atoms with Gasteiger partial charge < -0.3 is 15.3 Å². The number of nitrogens with zero attached hydrogens (tertiary/aromatic N) is 3. The van der Waals surface area contributed by atoms with Crippen LogP contribution in [-0.4, -0.2) is 55.2 Å². The Labute approximate surface area is 242 Å². The molecule has 9 N–H and O–H groups in total. The lowest BCUT2D eigenvalue weighted by Crippen LogP contribution is -2.33. The van der Waals surface area contributed by atoms with E-state index in [9.17, 15) is 43.2 Å².